The predicted octanol–water partition coefficient (Wildman–Crippen LogP) is 2.83. The molecule has 4 nitrogen and oxygen atoms in total. The lowest BCUT2D eigenvalue weighted by Crippen LogP contribution is -2.25. The van der Waals surface area contributed by atoms with Gasteiger partial charge in [0.1, 0.15) is 5.82 Å². The lowest BCUT2D eigenvalue weighted by Gasteiger charge is -2.28. The molecule has 21 heavy (non-hydrogen) atoms. The molecule has 1 aromatic carbocycles. The van der Waals surface area contributed by atoms with Crippen molar-refractivity contribution in [2.75, 3.05) is 18.5 Å². The molecule has 0 saturated carbocycles. The molecule has 1 atom stereocenters. The van der Waals surface area contributed by atoms with Gasteiger partial charge < -0.3 is 10.4 Å². The molecule has 0 radical (unpaired) electrons. The van der Waals surface area contributed by atoms with Crippen LogP contribution in [0.3, 0.4) is 0 Å². The zero-order chi connectivity index (χ0) is 14.8. The molecule has 3 rings (SSSR count). The zero-order valence-corrected chi connectivity index (χ0v) is 12.8. The average Bonchev–Trinajstić information content (AvgIpc) is 2.91. The van der Waals surface area contributed by atoms with Crippen LogP contribution < -0.4 is 5.32 Å². The van der Waals surface area contributed by atoms with Crippen LogP contribution in [0.15, 0.2) is 24.4 Å². The van der Waals surface area contributed by atoms with Crippen molar-refractivity contribution >= 4 is 5.82 Å². The van der Waals surface area contributed by atoms with Gasteiger partial charge in [-0.05, 0) is 44.2 Å². The van der Waals surface area contributed by atoms with Crippen molar-refractivity contribution in [1.29, 1.82) is 0 Å². The van der Waals surface area contributed by atoms with E-state index in [4.69, 9.17) is 5.11 Å². The predicted molar refractivity (Wildman–Crippen MR) is 84.8 cm³/mol. The summed E-state index contributed by atoms with van der Waals surface area (Å²) in [5, 5.41) is 17.1. The highest BCUT2D eigenvalue weighted by Gasteiger charge is 2.25. The fraction of sp³-hybridized carbons (Fsp3) is 0.471. The van der Waals surface area contributed by atoms with Crippen molar-refractivity contribution in [3.8, 4) is 0 Å². The Kier molecular flexibility index (Phi) is 3.97. The summed E-state index contributed by atoms with van der Waals surface area (Å²) in [7, 11) is 0. The molecular formula is C17H23N3O. The van der Waals surface area contributed by atoms with E-state index in [0.29, 0.717) is 6.04 Å². The lowest BCUT2D eigenvalue weighted by atomic mass is 9.95. The minimum Gasteiger partial charge on any atom is -0.396 e. The van der Waals surface area contributed by atoms with E-state index >= 15 is 0 Å². The normalized spacial score (nSPS) is 17.4. The molecule has 0 fully saturated rings. The van der Waals surface area contributed by atoms with Crippen LogP contribution in [0.1, 0.15) is 41.1 Å². The number of benzene rings is 1. The van der Waals surface area contributed by atoms with E-state index in [1.165, 1.54) is 22.3 Å². The summed E-state index contributed by atoms with van der Waals surface area (Å²) in [5.41, 5.74) is 5.20. The topological polar surface area (TPSA) is 50.1 Å². The number of rotatable bonds is 4. The van der Waals surface area contributed by atoms with Crippen LogP contribution >= 0.6 is 0 Å². The summed E-state index contributed by atoms with van der Waals surface area (Å²) >= 11 is 0. The minimum absolute atomic E-state index is 0.227. The Morgan fingerprint density at radius 3 is 3.05 bits per heavy atom. The Morgan fingerprint density at radius 2 is 2.24 bits per heavy atom. The summed E-state index contributed by atoms with van der Waals surface area (Å²) in [6, 6.07) is 6.95. The first-order valence-electron chi connectivity index (χ1n) is 7.69. The van der Waals surface area contributed by atoms with Gasteiger partial charge in [0.2, 0.25) is 0 Å². The largest absolute Gasteiger partial charge is 0.396 e. The van der Waals surface area contributed by atoms with Crippen LogP contribution in [0.25, 0.3) is 0 Å². The van der Waals surface area contributed by atoms with Gasteiger partial charge in [0, 0.05) is 18.7 Å². The monoisotopic (exact) mass is 285 g/mol. The first-order chi connectivity index (χ1) is 10.2. The highest BCUT2D eigenvalue weighted by atomic mass is 16.2. The first kappa shape index (κ1) is 14.1. The summed E-state index contributed by atoms with van der Waals surface area (Å²) in [6.45, 7) is 5.51. The summed E-state index contributed by atoms with van der Waals surface area (Å²) < 4.78 is 2.12. The van der Waals surface area contributed by atoms with Crippen LogP contribution in [0.4, 0.5) is 5.82 Å². The molecule has 2 N–H and O–H groups in total. The number of anilines is 1. The molecule has 2 heterocycles. The maximum atomic E-state index is 9.02. The number of hydrogen-bond acceptors (Lipinski definition) is 3. The quantitative estimate of drug-likeness (QED) is 0.908. The van der Waals surface area contributed by atoms with Crippen molar-refractivity contribution in [2.24, 2.45) is 0 Å². The number of nitrogens with zero attached hydrogens (tertiary/aromatic N) is 2. The molecule has 0 bridgehead atoms. The molecule has 0 saturated heterocycles. The molecule has 4 heteroatoms. The van der Waals surface area contributed by atoms with Crippen LogP contribution in [0.2, 0.25) is 0 Å². The van der Waals surface area contributed by atoms with Gasteiger partial charge in [0.15, 0.2) is 0 Å². The fourth-order valence-electron chi connectivity index (χ4n) is 3.14. The maximum Gasteiger partial charge on any atom is 0.128 e. The summed E-state index contributed by atoms with van der Waals surface area (Å²) in [6.07, 6.45) is 4.66. The maximum absolute atomic E-state index is 9.02. The summed E-state index contributed by atoms with van der Waals surface area (Å²) in [5.74, 6) is 1.13. The third-order valence-electron chi connectivity index (χ3n) is 4.27. The van der Waals surface area contributed by atoms with Gasteiger partial charge in [0.05, 0.1) is 12.2 Å². The Morgan fingerprint density at radius 1 is 1.38 bits per heavy atom. The smallest absolute Gasteiger partial charge is 0.128 e. The van der Waals surface area contributed by atoms with Gasteiger partial charge in [-0.1, -0.05) is 23.8 Å². The van der Waals surface area contributed by atoms with Gasteiger partial charge >= 0.3 is 0 Å². The fourth-order valence-corrected chi connectivity index (χ4v) is 3.14. The highest BCUT2D eigenvalue weighted by Crippen LogP contribution is 2.33. The number of hydrogen-bond donors (Lipinski definition) is 2. The van der Waals surface area contributed by atoms with Gasteiger partial charge in [-0.2, -0.15) is 5.10 Å². The second kappa shape index (κ2) is 5.90. The van der Waals surface area contributed by atoms with E-state index in [2.05, 4.69) is 47.1 Å². The van der Waals surface area contributed by atoms with E-state index in [9.17, 15) is 0 Å². The van der Waals surface area contributed by atoms with E-state index in [-0.39, 0.29) is 6.61 Å². The van der Waals surface area contributed by atoms with E-state index in [1.54, 1.807) is 0 Å². The standard InChI is InChI=1S/C17H23N3O/c1-12-5-6-13(2)15(10-12)16-7-8-18-17-14(4-3-9-21)11-19-20(16)17/h5-6,10-11,16,18,21H,3-4,7-9H2,1-2H3. The Balaban J connectivity index is 1.97. The van der Waals surface area contributed by atoms with Crippen LogP contribution in [-0.2, 0) is 6.42 Å². The van der Waals surface area contributed by atoms with E-state index < -0.39 is 0 Å². The second-order valence-electron chi connectivity index (χ2n) is 5.88. The van der Waals surface area contributed by atoms with Crippen molar-refractivity contribution in [3.05, 3.63) is 46.6 Å². The van der Waals surface area contributed by atoms with Crippen LogP contribution in [0, 0.1) is 13.8 Å². The molecule has 1 aromatic heterocycles. The molecule has 1 aliphatic heterocycles. The van der Waals surface area contributed by atoms with Crippen molar-refractivity contribution in [2.45, 2.75) is 39.2 Å². The minimum atomic E-state index is 0.227. The molecule has 0 aliphatic carbocycles. The van der Waals surface area contributed by atoms with Crippen molar-refractivity contribution in [1.82, 2.24) is 9.78 Å². The SMILES string of the molecule is Cc1ccc(C)c(C2CCNc3c(CCCO)cnn32)c1. The average molecular weight is 285 g/mol. The number of aryl methyl sites for hydroxylation is 3. The Hall–Kier alpha value is -1.81. The molecule has 2 aromatic rings. The van der Waals surface area contributed by atoms with Crippen LogP contribution in [0.5, 0.6) is 0 Å². The molecule has 1 aliphatic rings. The van der Waals surface area contributed by atoms with Crippen LogP contribution in [-0.4, -0.2) is 28.0 Å². The zero-order valence-electron chi connectivity index (χ0n) is 12.8. The number of fused-ring (bicyclic) bond motifs is 1. The highest BCUT2D eigenvalue weighted by molar-refractivity contribution is 5.48. The van der Waals surface area contributed by atoms with Gasteiger partial charge in [0.25, 0.3) is 0 Å². The van der Waals surface area contributed by atoms with Crippen molar-refractivity contribution in [3.63, 3.8) is 0 Å². The van der Waals surface area contributed by atoms with Gasteiger partial charge in [-0.15, -0.1) is 0 Å². The van der Waals surface area contributed by atoms with Gasteiger partial charge in [-0.3, -0.25) is 0 Å². The molecule has 0 amide bonds. The number of nitrogens with one attached hydrogen (secondary N) is 1. The number of aromatic nitrogens is 2. The van der Waals surface area contributed by atoms with Gasteiger partial charge in [-0.25, -0.2) is 4.68 Å². The second-order valence-corrected chi connectivity index (χ2v) is 5.88. The molecule has 1 unspecified atom stereocenters. The molecular weight excluding hydrogens is 262 g/mol. The first-order valence-corrected chi connectivity index (χ1v) is 7.69. The third kappa shape index (κ3) is 2.68. The molecule has 112 valence electrons. The number of aliphatic hydroxyl groups is 1. The Bertz CT molecular complexity index is 633. The van der Waals surface area contributed by atoms with Crippen molar-refractivity contribution < 1.29 is 5.11 Å². The Labute approximate surface area is 125 Å². The summed E-state index contributed by atoms with van der Waals surface area (Å²) in [4.78, 5) is 0. The lowest BCUT2D eigenvalue weighted by molar-refractivity contribution is 0.288. The molecule has 0 spiro atoms. The third-order valence-corrected chi connectivity index (χ3v) is 4.27. The van der Waals surface area contributed by atoms with E-state index in [0.717, 1.165) is 31.6 Å². The number of aliphatic hydroxyl groups excluding tert-OH is 1. The van der Waals surface area contributed by atoms with E-state index in [1.807, 2.05) is 6.20 Å².